The van der Waals surface area contributed by atoms with Crippen LogP contribution < -0.4 is 4.74 Å². The molecule has 1 heterocycles. The third-order valence-electron chi connectivity index (χ3n) is 6.28. The Kier molecular flexibility index (Phi) is 6.82. The summed E-state index contributed by atoms with van der Waals surface area (Å²) in [6.45, 7) is 7.33. The van der Waals surface area contributed by atoms with Gasteiger partial charge in [0.25, 0.3) is 0 Å². The molecule has 1 atom stereocenters. The summed E-state index contributed by atoms with van der Waals surface area (Å²) in [5, 5.41) is 0.531. The number of hydrogen-bond donors (Lipinski definition) is 0. The molecule has 0 bridgehead atoms. The van der Waals surface area contributed by atoms with Gasteiger partial charge in [0.1, 0.15) is 17.2 Å². The number of halogens is 1. The number of aryl methyl sites for hydroxylation is 1. The molecular weight excluding hydrogens is 418 g/mol. The molecule has 1 aromatic carbocycles. The first-order valence-corrected chi connectivity index (χ1v) is 11.2. The van der Waals surface area contributed by atoms with Gasteiger partial charge in [0, 0.05) is 17.7 Å². The van der Waals surface area contributed by atoms with Crippen molar-refractivity contribution in [3.8, 4) is 5.75 Å². The van der Waals surface area contributed by atoms with Crippen molar-refractivity contribution >= 4 is 29.3 Å². The van der Waals surface area contributed by atoms with E-state index in [1.54, 1.807) is 41.1 Å². The number of Topliss-reactive ketones (excluding diaryl/α,β-unsaturated/α-hetero) is 1. The molecule has 170 valence electrons. The number of hydrogen-bond acceptors (Lipinski definition) is 6. The number of aliphatic imine (C=N–C) groups is 1. The second-order valence-electron chi connectivity index (χ2n) is 9.39. The fraction of sp³-hybridized carbons (Fsp3) is 0.625. The first-order valence-electron chi connectivity index (χ1n) is 10.8. The van der Waals surface area contributed by atoms with Gasteiger partial charge in [-0.25, -0.2) is 4.99 Å². The summed E-state index contributed by atoms with van der Waals surface area (Å²) in [5.74, 6) is -0.597. The van der Waals surface area contributed by atoms with Gasteiger partial charge in [-0.3, -0.25) is 9.59 Å². The Labute approximate surface area is 189 Å². The fourth-order valence-electron chi connectivity index (χ4n) is 4.39. The Hall–Kier alpha value is -1.92. The summed E-state index contributed by atoms with van der Waals surface area (Å²) in [7, 11) is 3.24. The average molecular weight is 450 g/mol. The largest absolute Gasteiger partial charge is 0.496 e. The van der Waals surface area contributed by atoms with Crippen molar-refractivity contribution in [1.29, 1.82) is 0 Å². The molecule has 0 radical (unpaired) electrons. The normalized spacial score (nSPS) is 26.2. The van der Waals surface area contributed by atoms with Gasteiger partial charge in [-0.05, 0) is 70.6 Å². The highest BCUT2D eigenvalue weighted by Gasteiger charge is 2.54. The zero-order valence-corrected chi connectivity index (χ0v) is 20.0. The van der Waals surface area contributed by atoms with E-state index in [2.05, 4.69) is 0 Å². The number of benzene rings is 1. The van der Waals surface area contributed by atoms with Crippen LogP contribution in [0.15, 0.2) is 17.1 Å². The number of carbonyl (C=O) groups is 2. The zero-order valence-electron chi connectivity index (χ0n) is 19.2. The van der Waals surface area contributed by atoms with Crippen LogP contribution in [0.3, 0.4) is 0 Å². The summed E-state index contributed by atoms with van der Waals surface area (Å²) in [5.41, 5.74) is -0.0597. The van der Waals surface area contributed by atoms with E-state index in [-0.39, 0.29) is 17.8 Å². The lowest BCUT2D eigenvalue weighted by Gasteiger charge is -2.33. The summed E-state index contributed by atoms with van der Waals surface area (Å²) in [4.78, 5) is 31.4. The van der Waals surface area contributed by atoms with Crippen LogP contribution >= 0.6 is 11.6 Å². The van der Waals surface area contributed by atoms with E-state index < -0.39 is 22.8 Å². The standard InChI is InChI=1S/C24H32ClNO5/c1-7-14-12-15(25)13-17(30-6)18(14)19-20(27)24(10-8-16(29-5)9-11-24)26-21(19)31-22(28)23(2,3)4/h12-13,16,19H,7-11H2,1-6H3. The van der Waals surface area contributed by atoms with E-state index in [0.29, 0.717) is 35.6 Å². The highest BCUT2D eigenvalue weighted by atomic mass is 35.5. The number of carbonyl (C=O) groups excluding carboxylic acids is 2. The molecule has 6 nitrogen and oxygen atoms in total. The molecule has 1 saturated carbocycles. The Bertz CT molecular complexity index is 869. The van der Waals surface area contributed by atoms with E-state index in [1.807, 2.05) is 13.0 Å². The number of methoxy groups -OCH3 is 2. The molecule has 0 N–H and O–H groups in total. The van der Waals surface area contributed by atoms with Crippen molar-refractivity contribution in [2.75, 3.05) is 14.2 Å². The van der Waals surface area contributed by atoms with Gasteiger partial charge in [-0.15, -0.1) is 0 Å². The molecule has 2 aliphatic rings. The lowest BCUT2D eigenvalue weighted by Crippen LogP contribution is -2.41. The molecule has 1 aliphatic carbocycles. The van der Waals surface area contributed by atoms with Crippen LogP contribution in [0.5, 0.6) is 5.75 Å². The summed E-state index contributed by atoms with van der Waals surface area (Å²) in [6, 6.07) is 3.53. The lowest BCUT2D eigenvalue weighted by molar-refractivity contribution is -0.144. The molecule has 0 aromatic heterocycles. The van der Waals surface area contributed by atoms with Gasteiger partial charge in [-0.2, -0.15) is 0 Å². The SMILES string of the molecule is CCc1cc(Cl)cc(OC)c1C1C(=O)C2(CCC(OC)CC2)N=C1OC(=O)C(C)(C)C. The van der Waals surface area contributed by atoms with Crippen LogP contribution in [0.4, 0.5) is 0 Å². The minimum absolute atomic E-state index is 0.0471. The van der Waals surface area contributed by atoms with Gasteiger partial charge in [0.15, 0.2) is 5.78 Å². The number of nitrogens with zero attached hydrogens (tertiary/aromatic N) is 1. The molecule has 3 rings (SSSR count). The van der Waals surface area contributed by atoms with E-state index in [1.165, 1.54) is 0 Å². The maximum atomic E-state index is 13.9. The molecule has 1 aromatic rings. The third kappa shape index (κ3) is 4.51. The number of ketones is 1. The van der Waals surface area contributed by atoms with Crippen molar-refractivity contribution in [1.82, 2.24) is 0 Å². The van der Waals surface area contributed by atoms with Gasteiger partial charge in [0.05, 0.1) is 18.6 Å². The van der Waals surface area contributed by atoms with Crippen molar-refractivity contribution in [3.05, 3.63) is 28.3 Å². The highest BCUT2D eigenvalue weighted by Crippen LogP contribution is 2.47. The molecule has 7 heteroatoms. The van der Waals surface area contributed by atoms with Crippen LogP contribution in [-0.2, 0) is 25.5 Å². The van der Waals surface area contributed by atoms with Crippen molar-refractivity contribution in [2.45, 2.75) is 77.4 Å². The highest BCUT2D eigenvalue weighted by molar-refractivity contribution is 6.31. The molecule has 1 aliphatic heterocycles. The quantitative estimate of drug-likeness (QED) is 0.611. The van der Waals surface area contributed by atoms with Gasteiger partial charge >= 0.3 is 5.97 Å². The van der Waals surface area contributed by atoms with Crippen molar-refractivity contribution in [3.63, 3.8) is 0 Å². The Morgan fingerprint density at radius 1 is 1.23 bits per heavy atom. The zero-order chi connectivity index (χ0) is 23.0. The van der Waals surface area contributed by atoms with Crippen LogP contribution in [0.2, 0.25) is 5.02 Å². The van der Waals surface area contributed by atoms with Crippen LogP contribution in [0, 0.1) is 5.41 Å². The molecule has 1 spiro atoms. The molecular formula is C24H32ClNO5. The minimum atomic E-state index is -0.900. The number of esters is 1. The van der Waals surface area contributed by atoms with E-state index in [9.17, 15) is 9.59 Å². The van der Waals surface area contributed by atoms with Crippen molar-refractivity contribution < 1.29 is 23.8 Å². The van der Waals surface area contributed by atoms with Crippen molar-refractivity contribution in [2.24, 2.45) is 10.4 Å². The predicted octanol–water partition coefficient (Wildman–Crippen LogP) is 4.89. The van der Waals surface area contributed by atoms with E-state index >= 15 is 0 Å². The second kappa shape index (κ2) is 8.91. The third-order valence-corrected chi connectivity index (χ3v) is 6.49. The lowest BCUT2D eigenvalue weighted by atomic mass is 9.74. The van der Waals surface area contributed by atoms with Crippen LogP contribution in [-0.4, -0.2) is 43.5 Å². The topological polar surface area (TPSA) is 74.2 Å². The summed E-state index contributed by atoms with van der Waals surface area (Å²) in [6.07, 6.45) is 3.36. The first kappa shape index (κ1) is 23.7. The average Bonchev–Trinajstić information content (AvgIpc) is 2.98. The maximum Gasteiger partial charge on any atom is 0.317 e. The molecule has 31 heavy (non-hydrogen) atoms. The number of rotatable bonds is 4. The summed E-state index contributed by atoms with van der Waals surface area (Å²) >= 11 is 6.28. The molecule has 0 saturated heterocycles. The Morgan fingerprint density at radius 2 is 1.87 bits per heavy atom. The Morgan fingerprint density at radius 3 is 2.39 bits per heavy atom. The van der Waals surface area contributed by atoms with E-state index in [4.69, 9.17) is 30.8 Å². The van der Waals surface area contributed by atoms with Crippen LogP contribution in [0.1, 0.15) is 70.4 Å². The minimum Gasteiger partial charge on any atom is -0.496 e. The maximum absolute atomic E-state index is 13.9. The second-order valence-corrected chi connectivity index (χ2v) is 9.82. The number of ether oxygens (including phenoxy) is 3. The van der Waals surface area contributed by atoms with Gasteiger partial charge in [-0.1, -0.05) is 18.5 Å². The fourth-order valence-corrected chi connectivity index (χ4v) is 4.63. The van der Waals surface area contributed by atoms with Crippen LogP contribution in [0.25, 0.3) is 0 Å². The Balaban J connectivity index is 2.11. The predicted molar refractivity (Wildman–Crippen MR) is 120 cm³/mol. The van der Waals surface area contributed by atoms with Gasteiger partial charge in [0.2, 0.25) is 5.90 Å². The monoisotopic (exact) mass is 449 g/mol. The molecule has 1 fully saturated rings. The molecule has 0 amide bonds. The van der Waals surface area contributed by atoms with Gasteiger partial charge < -0.3 is 14.2 Å². The first-order chi connectivity index (χ1) is 14.6. The van der Waals surface area contributed by atoms with E-state index in [0.717, 1.165) is 18.4 Å². The molecule has 1 unspecified atom stereocenters. The smallest absolute Gasteiger partial charge is 0.317 e. The summed E-state index contributed by atoms with van der Waals surface area (Å²) < 4.78 is 16.9.